The zero-order chi connectivity index (χ0) is 28.5. The van der Waals surface area contributed by atoms with Crippen LogP contribution in [-0.4, -0.2) is 41.3 Å². The molecule has 0 aliphatic heterocycles. The largest absolute Gasteiger partial charge is 0.489 e. The fourth-order valence-corrected chi connectivity index (χ4v) is 5.44. The Bertz CT molecular complexity index is 1160. The molecule has 3 aromatic rings. The number of amides is 1. The molecule has 7 nitrogen and oxygen atoms in total. The molecule has 3 rings (SSSR count). The van der Waals surface area contributed by atoms with Crippen molar-refractivity contribution in [1.29, 1.82) is 0 Å². The molecule has 0 saturated carbocycles. The molecule has 0 heterocycles. The monoisotopic (exact) mass is 567 g/mol. The molecule has 0 bridgehead atoms. The zero-order valence-corrected chi connectivity index (χ0v) is 24.0. The van der Waals surface area contributed by atoms with Gasteiger partial charge in [-0.25, -0.2) is 0 Å². The second-order valence-electron chi connectivity index (χ2n) is 10.0. The number of hydrogen-bond acceptors (Lipinski definition) is 5. The van der Waals surface area contributed by atoms with Gasteiger partial charge in [0, 0.05) is 13.0 Å². The van der Waals surface area contributed by atoms with Crippen LogP contribution in [0.1, 0.15) is 55.2 Å². The van der Waals surface area contributed by atoms with Gasteiger partial charge in [-0.15, -0.1) is 0 Å². The van der Waals surface area contributed by atoms with Gasteiger partial charge in [0.1, 0.15) is 12.4 Å². The van der Waals surface area contributed by atoms with Crippen LogP contribution in [0, 0.1) is 0 Å². The maximum Gasteiger partial charge on any atom is 0.328 e. The molecular formula is C32H42NO6P. The Morgan fingerprint density at radius 3 is 2.12 bits per heavy atom. The Kier molecular flexibility index (Phi) is 13.9. The van der Waals surface area contributed by atoms with Crippen LogP contribution in [-0.2, 0) is 33.3 Å². The van der Waals surface area contributed by atoms with Crippen LogP contribution in [0.4, 0.5) is 0 Å². The lowest BCUT2D eigenvalue weighted by molar-refractivity contribution is -0.122. The van der Waals surface area contributed by atoms with Crippen LogP contribution < -0.4 is 10.1 Å². The van der Waals surface area contributed by atoms with E-state index in [1.165, 1.54) is 5.56 Å². The number of aryl methyl sites for hydroxylation is 1. The standard InChI is InChI=1S/C32H42NO6P/c34-22-11-23-40(36,37)39-26-30(33-32(35)17-10-2-1-5-12-27-13-6-3-7-14-27)24-28-18-20-31(21-19-28)38-25-29-15-8-4-9-16-29/h3-4,6-9,13-16,18-21,30,34H,1-2,5,10-12,17,22-26H2,(H,33,35)(H,36,37). The van der Waals surface area contributed by atoms with Gasteiger partial charge in [-0.3, -0.25) is 9.36 Å². The van der Waals surface area contributed by atoms with E-state index in [9.17, 15) is 14.3 Å². The van der Waals surface area contributed by atoms with E-state index in [0.717, 1.165) is 49.0 Å². The first-order valence-electron chi connectivity index (χ1n) is 14.1. The second-order valence-corrected chi connectivity index (χ2v) is 12.0. The minimum atomic E-state index is -3.85. The predicted octanol–water partition coefficient (Wildman–Crippen LogP) is 6.07. The summed E-state index contributed by atoms with van der Waals surface area (Å²) in [6.07, 6.45) is 5.85. The Hall–Kier alpha value is -2.96. The molecule has 40 heavy (non-hydrogen) atoms. The van der Waals surface area contributed by atoms with Crippen molar-refractivity contribution in [3.63, 3.8) is 0 Å². The number of benzene rings is 3. The smallest absolute Gasteiger partial charge is 0.328 e. The van der Waals surface area contributed by atoms with Crippen molar-refractivity contribution in [1.82, 2.24) is 5.32 Å². The predicted molar refractivity (Wildman–Crippen MR) is 158 cm³/mol. The Morgan fingerprint density at radius 2 is 1.45 bits per heavy atom. The minimum Gasteiger partial charge on any atom is -0.489 e. The summed E-state index contributed by atoms with van der Waals surface area (Å²) in [6, 6.07) is 27.5. The third kappa shape index (κ3) is 12.9. The Morgan fingerprint density at radius 1 is 0.800 bits per heavy atom. The van der Waals surface area contributed by atoms with Crippen molar-refractivity contribution < 1.29 is 28.6 Å². The second kappa shape index (κ2) is 17.7. The van der Waals surface area contributed by atoms with E-state index >= 15 is 0 Å². The molecule has 0 saturated heterocycles. The lowest BCUT2D eigenvalue weighted by Gasteiger charge is -2.21. The van der Waals surface area contributed by atoms with Crippen molar-refractivity contribution >= 4 is 13.5 Å². The summed E-state index contributed by atoms with van der Waals surface area (Å²) >= 11 is 0. The summed E-state index contributed by atoms with van der Waals surface area (Å²) < 4.78 is 23.5. The highest BCUT2D eigenvalue weighted by Gasteiger charge is 2.22. The molecule has 2 atom stereocenters. The van der Waals surface area contributed by atoms with E-state index in [4.69, 9.17) is 14.4 Å². The number of aliphatic hydroxyl groups is 1. The lowest BCUT2D eigenvalue weighted by Crippen LogP contribution is -2.39. The normalized spacial score (nSPS) is 13.3. The molecule has 0 aliphatic rings. The summed E-state index contributed by atoms with van der Waals surface area (Å²) in [5, 5.41) is 12.0. The number of carbonyl (C=O) groups excluding carboxylic acids is 1. The molecule has 3 aromatic carbocycles. The number of carbonyl (C=O) groups is 1. The van der Waals surface area contributed by atoms with Crippen molar-refractivity contribution in [2.75, 3.05) is 19.4 Å². The van der Waals surface area contributed by atoms with E-state index in [1.54, 1.807) is 0 Å². The molecule has 0 aromatic heterocycles. The molecule has 0 spiro atoms. The van der Waals surface area contributed by atoms with E-state index in [1.807, 2.05) is 60.7 Å². The van der Waals surface area contributed by atoms with Gasteiger partial charge in [-0.2, -0.15) is 0 Å². The highest BCUT2D eigenvalue weighted by atomic mass is 31.2. The molecule has 0 aliphatic carbocycles. The van der Waals surface area contributed by atoms with Crippen LogP contribution in [0.2, 0.25) is 0 Å². The number of aliphatic hydroxyl groups excluding tert-OH is 1. The molecule has 0 fully saturated rings. The van der Waals surface area contributed by atoms with Crippen LogP contribution in [0.3, 0.4) is 0 Å². The van der Waals surface area contributed by atoms with Crippen molar-refractivity contribution in [2.24, 2.45) is 0 Å². The molecule has 8 heteroatoms. The van der Waals surface area contributed by atoms with Crippen LogP contribution in [0.25, 0.3) is 0 Å². The summed E-state index contributed by atoms with van der Waals surface area (Å²) in [5.41, 5.74) is 3.36. The highest BCUT2D eigenvalue weighted by molar-refractivity contribution is 7.52. The maximum atomic E-state index is 12.7. The van der Waals surface area contributed by atoms with Crippen molar-refractivity contribution in [3.05, 3.63) is 102 Å². The molecular weight excluding hydrogens is 525 g/mol. The maximum absolute atomic E-state index is 12.7. The fraction of sp³-hybridized carbons (Fsp3) is 0.406. The zero-order valence-electron chi connectivity index (χ0n) is 23.1. The highest BCUT2D eigenvalue weighted by Crippen LogP contribution is 2.42. The number of nitrogens with one attached hydrogen (secondary N) is 1. The van der Waals surface area contributed by atoms with Crippen molar-refractivity contribution in [3.8, 4) is 5.75 Å². The number of hydrogen-bond donors (Lipinski definition) is 3. The first-order chi connectivity index (χ1) is 19.4. The first kappa shape index (κ1) is 31.6. The molecule has 2 unspecified atom stereocenters. The van der Waals surface area contributed by atoms with Gasteiger partial charge < -0.3 is 24.6 Å². The summed E-state index contributed by atoms with van der Waals surface area (Å²) in [4.78, 5) is 22.8. The molecule has 1 amide bonds. The van der Waals surface area contributed by atoms with Gasteiger partial charge in [0.2, 0.25) is 5.91 Å². The van der Waals surface area contributed by atoms with E-state index in [0.29, 0.717) is 19.4 Å². The number of unbranched alkanes of at least 4 members (excludes halogenated alkanes) is 3. The van der Waals surface area contributed by atoms with Gasteiger partial charge in [0.15, 0.2) is 0 Å². The molecule has 3 N–H and O–H groups in total. The Labute approximate surface area is 238 Å². The summed E-state index contributed by atoms with van der Waals surface area (Å²) in [7, 11) is -3.85. The number of rotatable bonds is 19. The van der Waals surface area contributed by atoms with Gasteiger partial charge >= 0.3 is 7.60 Å². The van der Waals surface area contributed by atoms with Crippen LogP contribution >= 0.6 is 7.60 Å². The van der Waals surface area contributed by atoms with Gasteiger partial charge in [-0.05, 0) is 60.9 Å². The summed E-state index contributed by atoms with van der Waals surface area (Å²) in [5.74, 6) is 0.642. The third-order valence-electron chi connectivity index (χ3n) is 6.56. The average molecular weight is 568 g/mol. The average Bonchev–Trinajstić information content (AvgIpc) is 2.97. The SMILES string of the molecule is O=C(CCCCCCc1ccccc1)NC(COP(=O)(O)CCCO)Cc1ccc(OCc2ccccc2)cc1. The van der Waals surface area contributed by atoms with Crippen molar-refractivity contribution in [2.45, 2.75) is 64.0 Å². The van der Waals surface area contributed by atoms with Gasteiger partial charge in [0.05, 0.1) is 18.8 Å². The third-order valence-corrected chi connectivity index (χ3v) is 7.99. The Balaban J connectivity index is 1.47. The molecule has 0 radical (unpaired) electrons. The van der Waals surface area contributed by atoms with E-state index in [-0.39, 0.29) is 31.7 Å². The quantitative estimate of drug-likeness (QED) is 0.120. The topological polar surface area (TPSA) is 105 Å². The van der Waals surface area contributed by atoms with E-state index in [2.05, 4.69) is 29.6 Å². The molecule has 216 valence electrons. The van der Waals surface area contributed by atoms with E-state index < -0.39 is 13.6 Å². The van der Waals surface area contributed by atoms with Gasteiger partial charge in [0.25, 0.3) is 0 Å². The first-order valence-corrected chi connectivity index (χ1v) is 15.9. The summed E-state index contributed by atoms with van der Waals surface area (Å²) in [6.45, 7) is 0.199. The number of ether oxygens (including phenoxy) is 1. The fourth-order valence-electron chi connectivity index (χ4n) is 4.35. The minimum absolute atomic E-state index is 0.0890. The van der Waals surface area contributed by atoms with Crippen LogP contribution in [0.5, 0.6) is 5.75 Å². The lowest BCUT2D eigenvalue weighted by atomic mass is 10.0. The van der Waals surface area contributed by atoms with Crippen LogP contribution in [0.15, 0.2) is 84.9 Å². The van der Waals surface area contributed by atoms with Gasteiger partial charge in [-0.1, -0.05) is 85.6 Å².